The molecule has 1 atom stereocenters. The van der Waals surface area contributed by atoms with E-state index in [1.54, 1.807) is 0 Å². The summed E-state index contributed by atoms with van der Waals surface area (Å²) in [5.74, 6) is 0.0813. The molecule has 6 heteroatoms. The molecule has 2 aromatic rings. The van der Waals surface area contributed by atoms with Crippen LogP contribution in [0.25, 0.3) is 0 Å². The van der Waals surface area contributed by atoms with Gasteiger partial charge in [-0.3, -0.25) is 0 Å². The second-order valence-corrected chi connectivity index (χ2v) is 8.05. The second kappa shape index (κ2) is 6.24. The fourth-order valence-corrected chi connectivity index (χ4v) is 3.87. The van der Waals surface area contributed by atoms with Crippen molar-refractivity contribution in [1.82, 2.24) is 4.72 Å². The predicted molar refractivity (Wildman–Crippen MR) is 89.7 cm³/mol. The number of hydrogen-bond acceptors (Lipinski definition) is 3. The summed E-state index contributed by atoms with van der Waals surface area (Å²) in [6.07, 6.45) is 1.79. The van der Waals surface area contributed by atoms with E-state index in [-0.39, 0.29) is 17.4 Å². The van der Waals surface area contributed by atoms with Crippen LogP contribution in [0.3, 0.4) is 0 Å². The molecule has 1 aliphatic rings. The summed E-state index contributed by atoms with van der Waals surface area (Å²) in [6.45, 7) is -0.0490. The smallest absolute Gasteiger partial charge is 0.240 e. The van der Waals surface area contributed by atoms with E-state index in [1.165, 1.54) is 24.3 Å². The zero-order valence-corrected chi connectivity index (χ0v) is 14.0. The van der Waals surface area contributed by atoms with Gasteiger partial charge in [-0.05, 0) is 48.6 Å². The molecule has 2 N–H and O–H groups in total. The van der Waals surface area contributed by atoms with Crippen molar-refractivity contribution in [3.63, 3.8) is 0 Å². The van der Waals surface area contributed by atoms with Crippen molar-refractivity contribution >= 4 is 21.6 Å². The molecule has 0 aromatic heterocycles. The zero-order chi connectivity index (χ0) is 16.5. The van der Waals surface area contributed by atoms with Gasteiger partial charge in [0.2, 0.25) is 10.0 Å². The number of rotatable bonds is 6. The van der Waals surface area contributed by atoms with E-state index in [4.69, 9.17) is 11.6 Å². The molecule has 23 heavy (non-hydrogen) atoms. The van der Waals surface area contributed by atoms with Gasteiger partial charge in [-0.1, -0.05) is 41.9 Å². The molecule has 4 nitrogen and oxygen atoms in total. The van der Waals surface area contributed by atoms with Crippen LogP contribution in [-0.2, 0) is 15.6 Å². The summed E-state index contributed by atoms with van der Waals surface area (Å²) >= 11 is 5.79. The molecule has 0 saturated heterocycles. The summed E-state index contributed by atoms with van der Waals surface area (Å²) < 4.78 is 27.3. The zero-order valence-electron chi connectivity index (χ0n) is 12.4. The maximum Gasteiger partial charge on any atom is 0.240 e. The van der Waals surface area contributed by atoms with E-state index in [2.05, 4.69) is 4.72 Å². The van der Waals surface area contributed by atoms with Gasteiger partial charge in [0.25, 0.3) is 0 Å². The lowest BCUT2D eigenvalue weighted by molar-refractivity contribution is 0.0185. The topological polar surface area (TPSA) is 66.4 Å². The molecule has 1 fully saturated rings. The Hall–Kier alpha value is -1.40. The number of nitrogens with one attached hydrogen (secondary N) is 1. The Morgan fingerprint density at radius 3 is 2.26 bits per heavy atom. The van der Waals surface area contributed by atoms with Crippen molar-refractivity contribution in [1.29, 1.82) is 0 Å². The van der Waals surface area contributed by atoms with Gasteiger partial charge in [0.15, 0.2) is 0 Å². The van der Waals surface area contributed by atoms with Crippen molar-refractivity contribution in [2.45, 2.75) is 23.3 Å². The highest BCUT2D eigenvalue weighted by Gasteiger charge is 2.45. The molecular formula is C17H18ClNO3S. The Morgan fingerprint density at radius 2 is 1.70 bits per heavy atom. The number of aliphatic hydroxyl groups is 1. The monoisotopic (exact) mass is 351 g/mol. The summed E-state index contributed by atoms with van der Waals surface area (Å²) in [4.78, 5) is 0.133. The Kier molecular flexibility index (Phi) is 4.47. The van der Waals surface area contributed by atoms with Crippen molar-refractivity contribution in [2.24, 2.45) is 5.92 Å². The third kappa shape index (κ3) is 3.58. The molecule has 3 rings (SSSR count). The van der Waals surface area contributed by atoms with Gasteiger partial charge in [-0.25, -0.2) is 13.1 Å². The van der Waals surface area contributed by atoms with Crippen LogP contribution in [0, 0.1) is 5.92 Å². The standard InChI is InChI=1S/C17H18ClNO3S/c18-15-8-10-16(11-9-15)23(21,22)19-12-17(20,14-6-7-14)13-4-2-1-3-5-13/h1-5,8-11,14,19-20H,6-7,12H2. The maximum absolute atomic E-state index is 12.4. The van der Waals surface area contributed by atoms with Gasteiger partial charge in [0.05, 0.1) is 4.90 Å². The Balaban J connectivity index is 1.81. The lowest BCUT2D eigenvalue weighted by atomic mass is 9.89. The van der Waals surface area contributed by atoms with Gasteiger partial charge < -0.3 is 5.11 Å². The van der Waals surface area contributed by atoms with Gasteiger partial charge >= 0.3 is 0 Å². The molecule has 1 saturated carbocycles. The van der Waals surface area contributed by atoms with E-state index in [0.29, 0.717) is 5.02 Å². The first-order chi connectivity index (χ1) is 10.9. The number of hydrogen-bond donors (Lipinski definition) is 2. The van der Waals surface area contributed by atoms with Crippen LogP contribution in [0.5, 0.6) is 0 Å². The summed E-state index contributed by atoms with van der Waals surface area (Å²) in [6, 6.07) is 15.2. The molecule has 1 aliphatic carbocycles. The van der Waals surface area contributed by atoms with Crippen LogP contribution in [0.4, 0.5) is 0 Å². The normalized spacial score (nSPS) is 17.7. The van der Waals surface area contributed by atoms with E-state index in [0.717, 1.165) is 18.4 Å². The van der Waals surface area contributed by atoms with Gasteiger partial charge in [0.1, 0.15) is 5.60 Å². The second-order valence-electron chi connectivity index (χ2n) is 5.84. The molecule has 0 spiro atoms. The van der Waals surface area contributed by atoms with Crippen LogP contribution in [0.1, 0.15) is 18.4 Å². The minimum Gasteiger partial charge on any atom is -0.383 e. The maximum atomic E-state index is 12.4. The first-order valence-electron chi connectivity index (χ1n) is 7.45. The molecule has 0 amide bonds. The fourth-order valence-electron chi connectivity index (χ4n) is 2.67. The highest BCUT2D eigenvalue weighted by atomic mass is 35.5. The highest BCUT2D eigenvalue weighted by Crippen LogP contribution is 2.45. The SMILES string of the molecule is O=S(=O)(NCC(O)(c1ccccc1)C1CC1)c1ccc(Cl)cc1. The molecule has 0 heterocycles. The molecule has 1 unspecified atom stereocenters. The first-order valence-corrected chi connectivity index (χ1v) is 9.31. The Bertz CT molecular complexity index is 773. The highest BCUT2D eigenvalue weighted by molar-refractivity contribution is 7.89. The van der Waals surface area contributed by atoms with Crippen molar-refractivity contribution in [3.8, 4) is 0 Å². The molecular weight excluding hydrogens is 334 g/mol. The lowest BCUT2D eigenvalue weighted by Crippen LogP contribution is -2.42. The number of benzene rings is 2. The van der Waals surface area contributed by atoms with E-state index in [1.807, 2.05) is 30.3 Å². The third-order valence-corrected chi connectivity index (χ3v) is 5.85. The molecule has 0 aliphatic heterocycles. The summed E-state index contributed by atoms with van der Waals surface area (Å²) in [7, 11) is -3.69. The predicted octanol–water partition coefficient (Wildman–Crippen LogP) is 2.92. The first kappa shape index (κ1) is 16.5. The number of halogens is 1. The average molecular weight is 352 g/mol. The van der Waals surface area contributed by atoms with Gasteiger partial charge in [0, 0.05) is 11.6 Å². The number of sulfonamides is 1. The van der Waals surface area contributed by atoms with E-state index >= 15 is 0 Å². The van der Waals surface area contributed by atoms with Crippen molar-refractivity contribution < 1.29 is 13.5 Å². The van der Waals surface area contributed by atoms with E-state index in [9.17, 15) is 13.5 Å². The van der Waals surface area contributed by atoms with Gasteiger partial charge in [-0.2, -0.15) is 0 Å². The van der Waals surface area contributed by atoms with E-state index < -0.39 is 15.6 Å². The van der Waals surface area contributed by atoms with Crippen LogP contribution in [0.15, 0.2) is 59.5 Å². The van der Waals surface area contributed by atoms with Crippen LogP contribution in [0.2, 0.25) is 5.02 Å². The minimum atomic E-state index is -3.69. The van der Waals surface area contributed by atoms with Crippen LogP contribution in [-0.4, -0.2) is 20.1 Å². The summed E-state index contributed by atoms with van der Waals surface area (Å²) in [5.41, 5.74) is -0.442. The lowest BCUT2D eigenvalue weighted by Gasteiger charge is -2.29. The fraction of sp³-hybridized carbons (Fsp3) is 0.294. The Labute approximate surface area is 141 Å². The van der Waals surface area contributed by atoms with Crippen LogP contribution >= 0.6 is 11.6 Å². The summed E-state index contributed by atoms with van der Waals surface area (Å²) in [5, 5.41) is 11.5. The third-order valence-electron chi connectivity index (χ3n) is 4.18. The molecule has 0 radical (unpaired) electrons. The molecule has 122 valence electrons. The average Bonchev–Trinajstić information content (AvgIpc) is 3.39. The van der Waals surface area contributed by atoms with Crippen molar-refractivity contribution in [3.05, 3.63) is 65.2 Å². The molecule has 2 aromatic carbocycles. The molecule has 0 bridgehead atoms. The largest absolute Gasteiger partial charge is 0.383 e. The van der Waals surface area contributed by atoms with Crippen LogP contribution < -0.4 is 4.72 Å². The Morgan fingerprint density at radius 1 is 1.09 bits per heavy atom. The van der Waals surface area contributed by atoms with Gasteiger partial charge in [-0.15, -0.1) is 0 Å². The van der Waals surface area contributed by atoms with Crippen molar-refractivity contribution in [2.75, 3.05) is 6.54 Å². The minimum absolute atomic E-state index is 0.0490. The quantitative estimate of drug-likeness (QED) is 0.841.